The number of hydrogen-bond acceptors (Lipinski definition) is 1. The zero-order chi connectivity index (χ0) is 10.6. The van der Waals surface area contributed by atoms with Crippen molar-refractivity contribution < 1.29 is 8.78 Å². The molecule has 2 N–H and O–H groups in total. The number of halogens is 2. The van der Waals surface area contributed by atoms with Gasteiger partial charge in [0.15, 0.2) is 5.11 Å². The van der Waals surface area contributed by atoms with Crippen LogP contribution in [0.1, 0.15) is 5.56 Å². The molecule has 0 aromatic heterocycles. The average Bonchev–Trinajstić information content (AvgIpc) is 2.16. The maximum Gasteiger partial charge on any atom is 0.166 e. The fourth-order valence-corrected chi connectivity index (χ4v) is 1.00. The molecular formula is C9H10F2N2S. The standard InChI is InChI=1S/C9H10F2N2S/c1-12-9(14)13-5-6-2-3-7(10)4-8(6)11/h2-4H,5H2,1H3,(H2,12,13,14). The first-order valence-corrected chi connectivity index (χ1v) is 4.44. The Hall–Kier alpha value is -1.23. The van der Waals surface area contributed by atoms with Crippen molar-refractivity contribution in [1.82, 2.24) is 10.6 Å². The molecule has 5 heteroatoms. The summed E-state index contributed by atoms with van der Waals surface area (Å²) in [7, 11) is 1.66. The van der Waals surface area contributed by atoms with Crippen LogP contribution < -0.4 is 10.6 Å². The van der Waals surface area contributed by atoms with Crippen molar-refractivity contribution in [1.29, 1.82) is 0 Å². The largest absolute Gasteiger partial charge is 0.366 e. The van der Waals surface area contributed by atoms with Gasteiger partial charge in [0.1, 0.15) is 11.6 Å². The van der Waals surface area contributed by atoms with Crippen LogP contribution in [-0.2, 0) is 6.54 Å². The van der Waals surface area contributed by atoms with Crippen LogP contribution in [0.5, 0.6) is 0 Å². The van der Waals surface area contributed by atoms with Gasteiger partial charge in [-0.25, -0.2) is 8.78 Å². The Labute approximate surface area is 86.3 Å². The third-order valence-electron chi connectivity index (χ3n) is 1.68. The van der Waals surface area contributed by atoms with E-state index in [1.165, 1.54) is 12.1 Å². The van der Waals surface area contributed by atoms with Gasteiger partial charge in [-0.3, -0.25) is 0 Å². The zero-order valence-electron chi connectivity index (χ0n) is 7.60. The second-order valence-corrected chi connectivity index (χ2v) is 3.08. The molecule has 0 bridgehead atoms. The molecular weight excluding hydrogens is 206 g/mol. The van der Waals surface area contributed by atoms with E-state index in [4.69, 9.17) is 12.2 Å². The molecule has 1 aromatic carbocycles. The van der Waals surface area contributed by atoms with Crippen molar-refractivity contribution in [3.63, 3.8) is 0 Å². The van der Waals surface area contributed by atoms with Gasteiger partial charge in [0.2, 0.25) is 0 Å². The number of thiocarbonyl (C=S) groups is 1. The van der Waals surface area contributed by atoms with E-state index >= 15 is 0 Å². The number of rotatable bonds is 2. The number of nitrogens with one attached hydrogen (secondary N) is 2. The minimum atomic E-state index is -0.581. The monoisotopic (exact) mass is 216 g/mol. The van der Waals surface area contributed by atoms with Crippen LogP contribution in [0.15, 0.2) is 18.2 Å². The Balaban J connectivity index is 2.63. The Bertz CT molecular complexity index is 342. The summed E-state index contributed by atoms with van der Waals surface area (Å²) in [6.45, 7) is 0.242. The highest BCUT2D eigenvalue weighted by atomic mass is 32.1. The summed E-state index contributed by atoms with van der Waals surface area (Å²) in [5.41, 5.74) is 0.379. The summed E-state index contributed by atoms with van der Waals surface area (Å²) < 4.78 is 25.6. The highest BCUT2D eigenvalue weighted by molar-refractivity contribution is 7.80. The normalized spacial score (nSPS) is 9.64. The minimum absolute atomic E-state index is 0.242. The van der Waals surface area contributed by atoms with Gasteiger partial charge in [-0.1, -0.05) is 6.07 Å². The molecule has 0 amide bonds. The Morgan fingerprint density at radius 1 is 1.43 bits per heavy atom. The lowest BCUT2D eigenvalue weighted by atomic mass is 10.2. The summed E-state index contributed by atoms with van der Waals surface area (Å²) >= 11 is 4.80. The quantitative estimate of drug-likeness (QED) is 0.734. The van der Waals surface area contributed by atoms with Crippen LogP contribution in [0.3, 0.4) is 0 Å². The Morgan fingerprint density at radius 3 is 2.71 bits per heavy atom. The van der Waals surface area contributed by atoms with Gasteiger partial charge < -0.3 is 10.6 Å². The smallest absolute Gasteiger partial charge is 0.166 e. The van der Waals surface area contributed by atoms with E-state index < -0.39 is 11.6 Å². The van der Waals surface area contributed by atoms with Crippen LogP contribution >= 0.6 is 12.2 Å². The van der Waals surface area contributed by atoms with Gasteiger partial charge in [-0.15, -0.1) is 0 Å². The summed E-state index contributed by atoms with van der Waals surface area (Å²) in [5, 5.41) is 5.88. The van der Waals surface area contributed by atoms with Gasteiger partial charge >= 0.3 is 0 Å². The second-order valence-electron chi connectivity index (χ2n) is 2.67. The van der Waals surface area contributed by atoms with Crippen molar-refractivity contribution in [3.8, 4) is 0 Å². The first-order chi connectivity index (χ1) is 6.63. The maximum atomic E-state index is 13.1. The lowest BCUT2D eigenvalue weighted by Crippen LogP contribution is -2.32. The third-order valence-corrected chi connectivity index (χ3v) is 2.03. The van der Waals surface area contributed by atoms with Gasteiger partial charge in [0.25, 0.3) is 0 Å². The topological polar surface area (TPSA) is 24.1 Å². The lowest BCUT2D eigenvalue weighted by Gasteiger charge is -2.07. The predicted octanol–water partition coefficient (Wildman–Crippen LogP) is 1.56. The third kappa shape index (κ3) is 2.92. The molecule has 0 atom stereocenters. The van der Waals surface area contributed by atoms with E-state index in [9.17, 15) is 8.78 Å². The van der Waals surface area contributed by atoms with Gasteiger partial charge in [0.05, 0.1) is 0 Å². The predicted molar refractivity (Wildman–Crippen MR) is 54.9 cm³/mol. The molecule has 0 aliphatic carbocycles. The summed E-state index contributed by atoms with van der Waals surface area (Å²) in [4.78, 5) is 0. The first-order valence-electron chi connectivity index (χ1n) is 4.03. The molecule has 1 rings (SSSR count). The average molecular weight is 216 g/mol. The minimum Gasteiger partial charge on any atom is -0.366 e. The number of hydrogen-bond donors (Lipinski definition) is 2. The van der Waals surface area contributed by atoms with E-state index in [0.29, 0.717) is 10.7 Å². The molecule has 0 unspecified atom stereocenters. The molecule has 1 aromatic rings. The van der Waals surface area contributed by atoms with Crippen LogP contribution in [0.25, 0.3) is 0 Å². The van der Waals surface area contributed by atoms with Crippen LogP contribution in [0.2, 0.25) is 0 Å². The maximum absolute atomic E-state index is 13.1. The molecule has 0 fully saturated rings. The summed E-state index contributed by atoms with van der Waals surface area (Å²) in [6, 6.07) is 3.44. The Kier molecular flexibility index (Phi) is 3.76. The van der Waals surface area contributed by atoms with Gasteiger partial charge in [-0.2, -0.15) is 0 Å². The Morgan fingerprint density at radius 2 is 2.14 bits per heavy atom. The molecule has 0 spiro atoms. The molecule has 0 heterocycles. The van der Waals surface area contributed by atoms with Crippen molar-refractivity contribution in [2.75, 3.05) is 7.05 Å². The molecule has 0 saturated heterocycles. The van der Waals surface area contributed by atoms with Gasteiger partial charge in [0, 0.05) is 25.2 Å². The van der Waals surface area contributed by atoms with E-state index in [1.807, 2.05) is 0 Å². The summed E-state index contributed by atoms with van der Waals surface area (Å²) in [5.74, 6) is -1.15. The van der Waals surface area contributed by atoms with Crippen molar-refractivity contribution in [2.24, 2.45) is 0 Å². The molecule has 2 nitrogen and oxygen atoms in total. The molecule has 14 heavy (non-hydrogen) atoms. The van der Waals surface area contributed by atoms with E-state index in [0.717, 1.165) is 6.07 Å². The fourth-order valence-electron chi connectivity index (χ4n) is 0.929. The lowest BCUT2D eigenvalue weighted by molar-refractivity contribution is 0.570. The van der Waals surface area contributed by atoms with E-state index in [1.54, 1.807) is 7.05 Å². The highest BCUT2D eigenvalue weighted by Crippen LogP contribution is 2.08. The second kappa shape index (κ2) is 4.85. The van der Waals surface area contributed by atoms with Crippen LogP contribution in [0.4, 0.5) is 8.78 Å². The van der Waals surface area contributed by atoms with Gasteiger partial charge in [-0.05, 0) is 18.3 Å². The highest BCUT2D eigenvalue weighted by Gasteiger charge is 2.03. The molecule has 0 saturated carbocycles. The van der Waals surface area contributed by atoms with Crippen LogP contribution in [0, 0.1) is 11.6 Å². The molecule has 0 radical (unpaired) electrons. The van der Waals surface area contributed by atoms with Crippen molar-refractivity contribution in [3.05, 3.63) is 35.4 Å². The van der Waals surface area contributed by atoms with E-state index in [2.05, 4.69) is 10.6 Å². The van der Waals surface area contributed by atoms with Crippen molar-refractivity contribution in [2.45, 2.75) is 6.54 Å². The zero-order valence-corrected chi connectivity index (χ0v) is 8.42. The summed E-state index contributed by atoms with van der Waals surface area (Å²) in [6.07, 6.45) is 0. The molecule has 76 valence electrons. The fraction of sp³-hybridized carbons (Fsp3) is 0.222. The van der Waals surface area contributed by atoms with Crippen molar-refractivity contribution >= 4 is 17.3 Å². The number of benzene rings is 1. The first kappa shape index (κ1) is 10.8. The van der Waals surface area contributed by atoms with Crippen LogP contribution in [-0.4, -0.2) is 12.2 Å². The molecule has 0 aliphatic rings. The molecule has 0 aliphatic heterocycles. The van der Waals surface area contributed by atoms with E-state index in [-0.39, 0.29) is 6.54 Å². The SMILES string of the molecule is CNC(=S)NCc1ccc(F)cc1F.